The monoisotopic (exact) mass is 266 g/mol. The maximum Gasteiger partial charge on any atom is 0.251 e. The number of nitrogens with zero attached hydrogens (tertiary/aromatic N) is 1. The number of hydrogen-bond acceptors (Lipinski definition) is 4. The van der Waals surface area contributed by atoms with E-state index in [4.69, 9.17) is 4.74 Å². The molecule has 1 amide bonds. The molecule has 0 aliphatic rings. The number of carbonyl (C=O) groups is 1. The number of thiazole rings is 1. The standard InChI is InChI=1S/C12H14N2O3S/c1-8(15)13-6-5-12-14(16)10-4-3-9(17-2)7-11(10)18-12/h3-4,7H,5-6H2,1-2H3,(H,13,15). The number of fused-ring (bicyclic) bond motifs is 1. The van der Waals surface area contributed by atoms with Crippen LogP contribution in [0, 0.1) is 5.21 Å². The maximum atomic E-state index is 12.0. The molecule has 6 heteroatoms. The van der Waals surface area contributed by atoms with Gasteiger partial charge in [0.05, 0.1) is 13.5 Å². The van der Waals surface area contributed by atoms with Gasteiger partial charge in [0, 0.05) is 25.6 Å². The second-order valence-corrected chi connectivity index (χ2v) is 4.97. The van der Waals surface area contributed by atoms with E-state index in [0.29, 0.717) is 23.5 Å². The summed E-state index contributed by atoms with van der Waals surface area (Å²) >= 11 is 1.42. The van der Waals surface area contributed by atoms with Crippen molar-refractivity contribution in [2.24, 2.45) is 0 Å². The van der Waals surface area contributed by atoms with Crippen LogP contribution in [0.2, 0.25) is 0 Å². The van der Waals surface area contributed by atoms with E-state index in [9.17, 15) is 10.0 Å². The molecule has 0 saturated carbocycles. The van der Waals surface area contributed by atoms with Crippen molar-refractivity contribution < 1.29 is 14.3 Å². The van der Waals surface area contributed by atoms with Crippen molar-refractivity contribution in [3.63, 3.8) is 0 Å². The van der Waals surface area contributed by atoms with Crippen LogP contribution < -0.4 is 14.8 Å². The molecule has 0 aliphatic heterocycles. The Kier molecular flexibility index (Phi) is 3.66. The Bertz CT molecular complexity index is 580. The number of amides is 1. The number of hydrogen-bond donors (Lipinski definition) is 1. The second kappa shape index (κ2) is 5.22. The zero-order valence-corrected chi connectivity index (χ0v) is 11.0. The normalized spacial score (nSPS) is 10.6. The number of carbonyl (C=O) groups excluding carboxylic acids is 1. The predicted octanol–water partition coefficient (Wildman–Crippen LogP) is 1.22. The predicted molar refractivity (Wildman–Crippen MR) is 69.7 cm³/mol. The van der Waals surface area contributed by atoms with Crippen molar-refractivity contribution in [2.75, 3.05) is 13.7 Å². The van der Waals surface area contributed by atoms with E-state index < -0.39 is 0 Å². The van der Waals surface area contributed by atoms with Crippen LogP contribution in [0.15, 0.2) is 18.2 Å². The summed E-state index contributed by atoms with van der Waals surface area (Å²) in [5.41, 5.74) is 0.638. The average molecular weight is 266 g/mol. The van der Waals surface area contributed by atoms with Gasteiger partial charge < -0.3 is 15.3 Å². The summed E-state index contributed by atoms with van der Waals surface area (Å²) in [6, 6.07) is 5.36. The molecule has 0 atom stereocenters. The molecule has 18 heavy (non-hydrogen) atoms. The van der Waals surface area contributed by atoms with Gasteiger partial charge in [-0.3, -0.25) is 4.79 Å². The summed E-state index contributed by atoms with van der Waals surface area (Å²) in [5, 5.41) is 15.3. The summed E-state index contributed by atoms with van der Waals surface area (Å²) in [6.07, 6.45) is 0.532. The Morgan fingerprint density at radius 3 is 3.00 bits per heavy atom. The van der Waals surface area contributed by atoms with Crippen LogP contribution in [-0.2, 0) is 11.2 Å². The highest BCUT2D eigenvalue weighted by atomic mass is 32.1. The van der Waals surface area contributed by atoms with Gasteiger partial charge in [-0.1, -0.05) is 11.3 Å². The van der Waals surface area contributed by atoms with Gasteiger partial charge in [-0.15, -0.1) is 0 Å². The highest BCUT2D eigenvalue weighted by Crippen LogP contribution is 2.24. The molecule has 0 unspecified atom stereocenters. The van der Waals surface area contributed by atoms with Gasteiger partial charge >= 0.3 is 0 Å². The minimum absolute atomic E-state index is 0.0878. The van der Waals surface area contributed by atoms with Crippen molar-refractivity contribution in [3.8, 4) is 5.75 Å². The van der Waals surface area contributed by atoms with E-state index in [-0.39, 0.29) is 5.91 Å². The smallest absolute Gasteiger partial charge is 0.251 e. The molecule has 2 aromatic rings. The van der Waals surface area contributed by atoms with E-state index >= 15 is 0 Å². The van der Waals surface area contributed by atoms with Crippen LogP contribution >= 0.6 is 11.3 Å². The number of aromatic nitrogens is 1. The van der Waals surface area contributed by atoms with E-state index in [1.807, 2.05) is 6.07 Å². The summed E-state index contributed by atoms with van der Waals surface area (Å²) < 4.78 is 6.93. The topological polar surface area (TPSA) is 65.3 Å². The fourth-order valence-electron chi connectivity index (χ4n) is 1.67. The summed E-state index contributed by atoms with van der Waals surface area (Å²) in [5.74, 6) is 0.646. The molecule has 0 aliphatic carbocycles. The van der Waals surface area contributed by atoms with Crippen molar-refractivity contribution >= 4 is 27.5 Å². The number of methoxy groups -OCH3 is 1. The fourth-order valence-corrected chi connectivity index (χ4v) is 2.74. The summed E-state index contributed by atoms with van der Waals surface area (Å²) in [4.78, 5) is 10.8. The van der Waals surface area contributed by atoms with E-state index in [1.165, 1.54) is 18.3 Å². The van der Waals surface area contributed by atoms with Crippen LogP contribution in [0.5, 0.6) is 5.75 Å². The van der Waals surface area contributed by atoms with Gasteiger partial charge in [0.15, 0.2) is 0 Å². The lowest BCUT2D eigenvalue weighted by Crippen LogP contribution is -2.32. The molecule has 5 nitrogen and oxygen atoms in total. The first kappa shape index (κ1) is 12.6. The van der Waals surface area contributed by atoms with Crippen LogP contribution in [0.4, 0.5) is 0 Å². The SMILES string of the molecule is COc1ccc2c(c1)sc(CCNC(C)=O)[n+]2[O-]. The minimum Gasteiger partial charge on any atom is -0.617 e. The van der Waals surface area contributed by atoms with Crippen molar-refractivity contribution in [3.05, 3.63) is 28.4 Å². The third-order valence-electron chi connectivity index (χ3n) is 2.55. The van der Waals surface area contributed by atoms with Crippen LogP contribution in [0.25, 0.3) is 10.2 Å². The van der Waals surface area contributed by atoms with Crippen molar-refractivity contribution in [1.29, 1.82) is 0 Å². The van der Waals surface area contributed by atoms with E-state index in [0.717, 1.165) is 15.2 Å². The van der Waals surface area contributed by atoms with Crippen LogP contribution in [-0.4, -0.2) is 19.6 Å². The van der Waals surface area contributed by atoms with Gasteiger partial charge in [0.2, 0.25) is 11.4 Å². The van der Waals surface area contributed by atoms with Gasteiger partial charge in [-0.2, -0.15) is 4.73 Å². The largest absolute Gasteiger partial charge is 0.617 e. The molecule has 0 fully saturated rings. The quantitative estimate of drug-likeness (QED) is 0.668. The third kappa shape index (κ3) is 2.53. The van der Waals surface area contributed by atoms with Crippen LogP contribution in [0.1, 0.15) is 11.9 Å². The first-order valence-corrected chi connectivity index (χ1v) is 6.37. The molecule has 96 valence electrons. The lowest BCUT2D eigenvalue weighted by atomic mass is 10.3. The van der Waals surface area contributed by atoms with Crippen molar-refractivity contribution in [2.45, 2.75) is 13.3 Å². The maximum absolute atomic E-state index is 12.0. The van der Waals surface area contributed by atoms with Gasteiger partial charge in [-0.25, -0.2) is 0 Å². The van der Waals surface area contributed by atoms with Gasteiger partial charge in [0.25, 0.3) is 5.01 Å². The molecular weight excluding hydrogens is 252 g/mol. The molecule has 1 heterocycles. The van der Waals surface area contributed by atoms with Gasteiger partial charge in [-0.05, 0) is 6.07 Å². The Labute approximate surface area is 109 Å². The highest BCUT2D eigenvalue weighted by molar-refractivity contribution is 7.18. The lowest BCUT2D eigenvalue weighted by Gasteiger charge is -2.00. The number of nitrogens with one attached hydrogen (secondary N) is 1. The van der Waals surface area contributed by atoms with Gasteiger partial charge in [0.1, 0.15) is 10.4 Å². The number of rotatable bonds is 4. The molecule has 0 bridgehead atoms. The molecule has 1 N–H and O–H groups in total. The zero-order chi connectivity index (χ0) is 13.1. The molecule has 0 spiro atoms. The molecule has 0 radical (unpaired) electrons. The Hall–Kier alpha value is -1.82. The number of ether oxygens (including phenoxy) is 1. The Morgan fingerprint density at radius 1 is 1.56 bits per heavy atom. The first-order chi connectivity index (χ1) is 8.61. The summed E-state index contributed by atoms with van der Waals surface area (Å²) in [6.45, 7) is 1.93. The first-order valence-electron chi connectivity index (χ1n) is 5.55. The van der Waals surface area contributed by atoms with Crippen molar-refractivity contribution in [1.82, 2.24) is 5.32 Å². The Morgan fingerprint density at radius 2 is 2.33 bits per heavy atom. The molecule has 2 rings (SSSR count). The van der Waals surface area contributed by atoms with Crippen LogP contribution in [0.3, 0.4) is 0 Å². The van der Waals surface area contributed by atoms with E-state index in [2.05, 4.69) is 5.32 Å². The highest BCUT2D eigenvalue weighted by Gasteiger charge is 2.16. The average Bonchev–Trinajstić information content (AvgIpc) is 2.65. The second-order valence-electron chi connectivity index (χ2n) is 3.86. The lowest BCUT2D eigenvalue weighted by molar-refractivity contribution is -0.580. The molecular formula is C12H14N2O3S. The summed E-state index contributed by atoms with van der Waals surface area (Å²) in [7, 11) is 1.59. The molecule has 0 saturated heterocycles. The molecule has 1 aromatic carbocycles. The Balaban J connectivity index is 2.23. The van der Waals surface area contributed by atoms with E-state index in [1.54, 1.807) is 19.2 Å². The molecule has 1 aromatic heterocycles. The third-order valence-corrected chi connectivity index (χ3v) is 3.71. The minimum atomic E-state index is -0.0878. The fraction of sp³-hybridized carbons (Fsp3) is 0.333. The number of benzene rings is 1. The zero-order valence-electron chi connectivity index (χ0n) is 10.2.